The van der Waals surface area contributed by atoms with Crippen molar-refractivity contribution >= 4 is 12.0 Å². The van der Waals surface area contributed by atoms with Crippen LogP contribution in [0.2, 0.25) is 0 Å². The summed E-state index contributed by atoms with van der Waals surface area (Å²) in [6.07, 6.45) is 5.51. The number of imide groups is 1. The summed E-state index contributed by atoms with van der Waals surface area (Å²) in [5.74, 6) is 0.174. The van der Waals surface area contributed by atoms with Gasteiger partial charge in [0.05, 0.1) is 6.04 Å². The number of unbranched alkanes of at least 4 members (excludes halogenated alkanes) is 4. The van der Waals surface area contributed by atoms with Crippen LogP contribution in [-0.4, -0.2) is 29.5 Å². The van der Waals surface area contributed by atoms with Crippen molar-refractivity contribution in [3.05, 3.63) is 0 Å². The number of hydrogen-bond donors (Lipinski definition) is 0. The van der Waals surface area contributed by atoms with E-state index in [1.807, 2.05) is 13.8 Å². The molecule has 1 fully saturated rings. The second-order valence-electron chi connectivity index (χ2n) is 5.32. The Hall–Kier alpha value is -1.06. The van der Waals surface area contributed by atoms with Gasteiger partial charge in [-0.15, -0.1) is 0 Å². The number of amides is 2. The van der Waals surface area contributed by atoms with E-state index in [0.29, 0.717) is 13.0 Å². The van der Waals surface area contributed by atoms with Gasteiger partial charge in [0.15, 0.2) is 0 Å². The van der Waals surface area contributed by atoms with Crippen LogP contribution in [0.5, 0.6) is 0 Å². The molecule has 4 heteroatoms. The van der Waals surface area contributed by atoms with E-state index in [1.54, 1.807) is 0 Å². The standard InChI is InChI=1S/C14H25NO3/c1-4-5-6-7-8-9-13(16)15-12(11(2)3)10-18-14(15)17/h11-12H,4-10H2,1-3H3/t12-/m0/s1. The molecule has 104 valence electrons. The summed E-state index contributed by atoms with van der Waals surface area (Å²) in [6, 6.07) is -0.0827. The number of carbonyl (C=O) groups excluding carboxylic acids is 2. The van der Waals surface area contributed by atoms with Gasteiger partial charge in [-0.05, 0) is 12.3 Å². The minimum Gasteiger partial charge on any atom is -0.447 e. The van der Waals surface area contributed by atoms with E-state index in [2.05, 4.69) is 6.92 Å². The van der Waals surface area contributed by atoms with Crippen molar-refractivity contribution < 1.29 is 14.3 Å². The molecule has 0 aromatic carbocycles. The molecule has 0 bridgehead atoms. The Morgan fingerprint density at radius 1 is 1.33 bits per heavy atom. The van der Waals surface area contributed by atoms with Gasteiger partial charge in [-0.3, -0.25) is 4.79 Å². The largest absolute Gasteiger partial charge is 0.447 e. The molecular weight excluding hydrogens is 230 g/mol. The second kappa shape index (κ2) is 7.39. The molecule has 0 aromatic rings. The predicted octanol–water partition coefficient (Wildman–Crippen LogP) is 3.35. The average molecular weight is 255 g/mol. The maximum Gasteiger partial charge on any atom is 0.416 e. The van der Waals surface area contributed by atoms with E-state index < -0.39 is 6.09 Å². The quantitative estimate of drug-likeness (QED) is 0.655. The van der Waals surface area contributed by atoms with E-state index in [0.717, 1.165) is 12.8 Å². The Balaban J connectivity index is 2.37. The third-order valence-corrected chi connectivity index (χ3v) is 3.44. The van der Waals surface area contributed by atoms with Gasteiger partial charge in [0.2, 0.25) is 5.91 Å². The summed E-state index contributed by atoms with van der Waals surface area (Å²) in [5.41, 5.74) is 0. The lowest BCUT2D eigenvalue weighted by Crippen LogP contribution is -2.41. The lowest BCUT2D eigenvalue weighted by atomic mass is 10.0. The Morgan fingerprint density at radius 2 is 2.00 bits per heavy atom. The van der Waals surface area contributed by atoms with Crippen LogP contribution in [0.1, 0.15) is 59.3 Å². The summed E-state index contributed by atoms with van der Waals surface area (Å²) >= 11 is 0. The monoisotopic (exact) mass is 255 g/mol. The first-order valence-corrected chi connectivity index (χ1v) is 7.06. The first-order chi connectivity index (χ1) is 8.57. The highest BCUT2D eigenvalue weighted by molar-refractivity contribution is 5.93. The first-order valence-electron chi connectivity index (χ1n) is 7.06. The molecule has 0 aliphatic carbocycles. The van der Waals surface area contributed by atoms with Crippen molar-refractivity contribution in [3.63, 3.8) is 0 Å². The van der Waals surface area contributed by atoms with Gasteiger partial charge < -0.3 is 4.74 Å². The maximum absolute atomic E-state index is 12.0. The zero-order chi connectivity index (χ0) is 13.5. The van der Waals surface area contributed by atoms with Crippen LogP contribution in [-0.2, 0) is 9.53 Å². The van der Waals surface area contributed by atoms with Crippen LogP contribution < -0.4 is 0 Å². The van der Waals surface area contributed by atoms with Crippen LogP contribution in [0.3, 0.4) is 0 Å². The maximum atomic E-state index is 12.0. The summed E-state index contributed by atoms with van der Waals surface area (Å²) in [5, 5.41) is 0. The molecule has 1 heterocycles. The molecule has 1 atom stereocenters. The van der Waals surface area contributed by atoms with Crippen LogP contribution >= 0.6 is 0 Å². The van der Waals surface area contributed by atoms with Crippen LogP contribution in [0.15, 0.2) is 0 Å². The summed E-state index contributed by atoms with van der Waals surface area (Å²) in [6.45, 7) is 6.53. The highest BCUT2D eigenvalue weighted by atomic mass is 16.6. The van der Waals surface area contributed by atoms with Gasteiger partial charge >= 0.3 is 6.09 Å². The van der Waals surface area contributed by atoms with Crippen molar-refractivity contribution in [1.29, 1.82) is 0 Å². The van der Waals surface area contributed by atoms with Crippen LogP contribution in [0, 0.1) is 5.92 Å². The van der Waals surface area contributed by atoms with Crippen LogP contribution in [0.4, 0.5) is 4.79 Å². The van der Waals surface area contributed by atoms with Crippen molar-refractivity contribution in [1.82, 2.24) is 4.90 Å². The second-order valence-corrected chi connectivity index (χ2v) is 5.32. The predicted molar refractivity (Wildman–Crippen MR) is 70.2 cm³/mol. The molecule has 4 nitrogen and oxygen atoms in total. The highest BCUT2D eigenvalue weighted by Crippen LogP contribution is 2.21. The Morgan fingerprint density at radius 3 is 2.61 bits per heavy atom. The number of nitrogens with zero attached hydrogens (tertiary/aromatic N) is 1. The van der Waals surface area contributed by atoms with E-state index in [9.17, 15) is 9.59 Å². The number of hydrogen-bond acceptors (Lipinski definition) is 3. The lowest BCUT2D eigenvalue weighted by Gasteiger charge is -2.22. The topological polar surface area (TPSA) is 46.6 Å². The van der Waals surface area contributed by atoms with E-state index >= 15 is 0 Å². The molecule has 1 saturated heterocycles. The SMILES string of the molecule is CCCCCCCC(=O)N1C(=O)OC[C@H]1C(C)C. The summed E-state index contributed by atoms with van der Waals surface area (Å²) in [7, 11) is 0. The number of ether oxygens (including phenoxy) is 1. The van der Waals surface area contributed by atoms with Crippen molar-refractivity contribution in [2.75, 3.05) is 6.61 Å². The minimum atomic E-state index is -0.466. The molecular formula is C14H25NO3. The zero-order valence-corrected chi connectivity index (χ0v) is 11.8. The molecule has 1 aliphatic heterocycles. The fraction of sp³-hybridized carbons (Fsp3) is 0.857. The first kappa shape index (κ1) is 15.0. The van der Waals surface area contributed by atoms with Gasteiger partial charge in [0.25, 0.3) is 0 Å². The van der Waals surface area contributed by atoms with Crippen molar-refractivity contribution in [3.8, 4) is 0 Å². The molecule has 0 N–H and O–H groups in total. The molecule has 0 aromatic heterocycles. The fourth-order valence-electron chi connectivity index (χ4n) is 2.21. The fourth-order valence-corrected chi connectivity index (χ4v) is 2.21. The summed E-state index contributed by atoms with van der Waals surface area (Å²) in [4.78, 5) is 24.9. The molecule has 1 rings (SSSR count). The molecule has 0 radical (unpaired) electrons. The third kappa shape index (κ3) is 4.00. The Bertz CT molecular complexity index is 289. The van der Waals surface area contributed by atoms with Crippen molar-refractivity contribution in [2.24, 2.45) is 5.92 Å². The third-order valence-electron chi connectivity index (χ3n) is 3.44. The lowest BCUT2D eigenvalue weighted by molar-refractivity contribution is -0.129. The summed E-state index contributed by atoms with van der Waals surface area (Å²) < 4.78 is 4.97. The number of cyclic esters (lactones) is 1. The van der Waals surface area contributed by atoms with Gasteiger partial charge in [-0.2, -0.15) is 0 Å². The van der Waals surface area contributed by atoms with Crippen LogP contribution in [0.25, 0.3) is 0 Å². The van der Waals surface area contributed by atoms with E-state index in [-0.39, 0.29) is 17.9 Å². The average Bonchev–Trinajstić information content (AvgIpc) is 2.71. The van der Waals surface area contributed by atoms with E-state index in [1.165, 1.54) is 24.2 Å². The molecule has 0 saturated carbocycles. The number of carbonyl (C=O) groups is 2. The Kier molecular flexibility index (Phi) is 6.16. The Labute approximate surface area is 110 Å². The number of rotatable bonds is 7. The normalized spacial score (nSPS) is 19.4. The smallest absolute Gasteiger partial charge is 0.416 e. The molecule has 2 amide bonds. The molecule has 0 unspecified atom stereocenters. The van der Waals surface area contributed by atoms with E-state index in [4.69, 9.17) is 4.74 Å². The van der Waals surface area contributed by atoms with Gasteiger partial charge in [0.1, 0.15) is 6.61 Å². The van der Waals surface area contributed by atoms with Gasteiger partial charge in [-0.1, -0.05) is 46.5 Å². The highest BCUT2D eigenvalue weighted by Gasteiger charge is 2.38. The molecule has 0 spiro atoms. The van der Waals surface area contributed by atoms with Gasteiger partial charge in [-0.25, -0.2) is 9.69 Å². The van der Waals surface area contributed by atoms with Crippen molar-refractivity contribution in [2.45, 2.75) is 65.3 Å². The minimum absolute atomic E-state index is 0.0762. The zero-order valence-electron chi connectivity index (χ0n) is 11.8. The van der Waals surface area contributed by atoms with Gasteiger partial charge in [0, 0.05) is 6.42 Å². The molecule has 18 heavy (non-hydrogen) atoms. The molecule has 1 aliphatic rings.